The number of anilines is 6. The van der Waals surface area contributed by atoms with Crippen molar-refractivity contribution >= 4 is 77.7 Å². The third-order valence-corrected chi connectivity index (χ3v) is 20.1. The van der Waals surface area contributed by atoms with Crippen molar-refractivity contribution in [2.75, 3.05) is 9.80 Å². The molecule has 0 saturated heterocycles. The highest BCUT2D eigenvalue weighted by atomic mass is 19.2. The summed E-state index contributed by atoms with van der Waals surface area (Å²) in [6.07, 6.45) is 0. The van der Waals surface area contributed by atoms with E-state index in [2.05, 4.69) is 172 Å². The Morgan fingerprint density at radius 1 is 0.170 bits per heavy atom. The van der Waals surface area contributed by atoms with Crippen molar-refractivity contribution in [1.29, 1.82) is 0 Å². The first-order chi connectivity index (χ1) is 54.5. The summed E-state index contributed by atoms with van der Waals surface area (Å²) < 4.78 is 175. The van der Waals surface area contributed by atoms with Crippen LogP contribution in [0.25, 0.3) is 122 Å². The van der Waals surface area contributed by atoms with E-state index >= 15 is 0 Å². The molecule has 0 aliphatic rings. The molecule has 0 amide bonds. The first-order valence-corrected chi connectivity index (χ1v) is 35.5. The second kappa shape index (κ2) is 29.5. The number of halogens is 12. The van der Waals surface area contributed by atoms with E-state index in [9.17, 15) is 52.7 Å². The van der Waals surface area contributed by atoms with E-state index in [0.717, 1.165) is 125 Å². The molecule has 2 heterocycles. The highest BCUT2D eigenvalue weighted by Gasteiger charge is 2.30. The van der Waals surface area contributed by atoms with Crippen LogP contribution in [0.4, 0.5) is 86.8 Å². The molecule has 0 aliphatic carbocycles. The molecule has 2 aromatic heterocycles. The summed E-state index contributed by atoms with van der Waals surface area (Å²) in [5, 5.41) is 4.57. The number of hydrogen-bond donors (Lipinski definition) is 0. The van der Waals surface area contributed by atoms with Crippen LogP contribution < -0.4 is 9.80 Å². The molecule has 0 bridgehead atoms. The van der Waals surface area contributed by atoms with Gasteiger partial charge in [0.25, 0.3) is 0 Å². The van der Waals surface area contributed by atoms with Crippen LogP contribution in [-0.2, 0) is 0 Å². The first kappa shape index (κ1) is 70.8. The lowest BCUT2D eigenvalue weighted by Gasteiger charge is -2.26. The van der Waals surface area contributed by atoms with Gasteiger partial charge in [0, 0.05) is 67.0 Å². The van der Waals surface area contributed by atoms with Crippen LogP contribution in [0.15, 0.2) is 340 Å². The predicted octanol–water partition coefficient (Wildman–Crippen LogP) is 28.2. The van der Waals surface area contributed by atoms with Gasteiger partial charge in [0.15, 0.2) is 46.5 Å². The second-order valence-electron chi connectivity index (χ2n) is 26.7. The number of nitrogens with zero attached hydrogens (tertiary/aromatic N) is 4. The van der Waals surface area contributed by atoms with Gasteiger partial charge in [-0.3, -0.25) is 0 Å². The van der Waals surface area contributed by atoms with Gasteiger partial charge in [-0.2, -0.15) is 0 Å². The maximum Gasteiger partial charge on any atom is 0.200 e. The van der Waals surface area contributed by atoms with Crippen molar-refractivity contribution in [2.24, 2.45) is 0 Å². The minimum Gasteiger partial charge on any atom is -0.311 e. The minimum absolute atomic E-state index is 0.252. The fraction of sp³-hybridized carbons (Fsp3) is 0. The van der Waals surface area contributed by atoms with Crippen LogP contribution in [0, 0.1) is 69.8 Å². The van der Waals surface area contributed by atoms with E-state index < -0.39 is 69.3 Å². The zero-order valence-electron chi connectivity index (χ0n) is 58.7. The number of fused-ring (bicyclic) bond motifs is 6. The highest BCUT2D eigenvalue weighted by molar-refractivity contribution is 6.11. The summed E-state index contributed by atoms with van der Waals surface area (Å²) in [5.41, 5.74) is 15.5. The maximum atomic E-state index is 14.8. The Labute approximate surface area is 633 Å². The smallest absolute Gasteiger partial charge is 0.200 e. The molecule has 0 N–H and O–H groups in total. The Morgan fingerprint density at radius 2 is 0.384 bits per heavy atom. The van der Waals surface area contributed by atoms with E-state index in [1.54, 1.807) is 41.3 Å². The highest BCUT2D eigenvalue weighted by Crippen LogP contribution is 2.44. The Kier molecular flexibility index (Phi) is 18.6. The molecular weight excluding hydrogens is 1440 g/mol. The van der Waals surface area contributed by atoms with Crippen LogP contribution >= 0.6 is 0 Å². The summed E-state index contributed by atoms with van der Waals surface area (Å²) in [6, 6.07) is 106. The molecular formula is C96H56F12N4. The fourth-order valence-electron chi connectivity index (χ4n) is 14.7. The van der Waals surface area contributed by atoms with Crippen LogP contribution in [0.1, 0.15) is 0 Å². The summed E-state index contributed by atoms with van der Waals surface area (Å²) in [7, 11) is 0. The first-order valence-electron chi connectivity index (χ1n) is 35.5. The zero-order valence-corrected chi connectivity index (χ0v) is 58.7. The van der Waals surface area contributed by atoms with Gasteiger partial charge in [-0.05, 0) is 201 Å². The van der Waals surface area contributed by atoms with Gasteiger partial charge >= 0.3 is 0 Å². The number of benzene rings is 16. The van der Waals surface area contributed by atoms with Crippen LogP contribution in [0.5, 0.6) is 0 Å². The van der Waals surface area contributed by atoms with Crippen LogP contribution in [0.3, 0.4) is 0 Å². The SMILES string of the molecule is Fc1c(F)c(F)c(-c2ccc(N(c3ccc(-c4ccc5c6ccccc6n(-c6ccccc6)c5c4)cc3)c3ccc(-c4c(F)c(F)c(F)c(F)c4F)cc3)cc2)c(F)c1F.Fc1ccc(-c2ccc(N(c3ccc(-c4ccc(F)cc4)cc3)c3ccc(-c4ccc5c6ccccc6n(-c6ccccc6)c5c4)cc3)cc2)cc1. The molecule has 0 aliphatic heterocycles. The predicted molar refractivity (Wildman–Crippen MR) is 423 cm³/mol. The molecule has 0 fully saturated rings. The number of aromatic nitrogens is 2. The van der Waals surface area contributed by atoms with E-state index in [0.29, 0.717) is 17.1 Å². The largest absolute Gasteiger partial charge is 0.311 e. The zero-order chi connectivity index (χ0) is 77.0. The molecule has 0 spiro atoms. The average Bonchev–Trinajstić information content (AvgIpc) is 1.57. The Morgan fingerprint density at radius 3 is 0.670 bits per heavy atom. The number of para-hydroxylation sites is 4. The van der Waals surface area contributed by atoms with Gasteiger partial charge in [-0.1, -0.05) is 194 Å². The molecule has 0 unspecified atom stereocenters. The summed E-state index contributed by atoms with van der Waals surface area (Å²) in [5.74, 6) is -21.6. The lowest BCUT2D eigenvalue weighted by molar-refractivity contribution is 0.381. The monoisotopic (exact) mass is 1490 g/mol. The molecule has 18 rings (SSSR count). The van der Waals surface area contributed by atoms with Crippen molar-refractivity contribution in [2.45, 2.75) is 0 Å². The van der Waals surface area contributed by atoms with Crippen LogP contribution in [0.2, 0.25) is 0 Å². The van der Waals surface area contributed by atoms with E-state index in [-0.39, 0.29) is 22.8 Å². The summed E-state index contributed by atoms with van der Waals surface area (Å²) in [6.45, 7) is 0. The van der Waals surface area contributed by atoms with Gasteiger partial charge in [-0.25, -0.2) is 52.7 Å². The Bertz CT molecular complexity index is 6320. The van der Waals surface area contributed by atoms with Crippen molar-refractivity contribution < 1.29 is 52.7 Å². The van der Waals surface area contributed by atoms with Crippen molar-refractivity contribution in [3.8, 4) is 78.1 Å². The lowest BCUT2D eigenvalue weighted by atomic mass is 10.0. The molecule has 16 aromatic carbocycles. The molecule has 4 nitrogen and oxygen atoms in total. The standard InChI is InChI=1S/C48H24F10N2.C48H32F2N2/c49-39-37(40(50)44(54)47(57)43(39)53)26-12-19-31(20-13-26)59(32-21-14-27(15-22-32)38-41(51)45(55)48(58)46(56)42(38)52)30-17-10-25(11-18-30)28-16-23-34-33-8-4-5-9-35(33)60(36(34)24-28)29-6-2-1-3-7-29;49-39-21-10-33(11-22-39)35-14-25-42(26-15-35)51(43-27-16-36(17-28-43)34-12-23-40(50)24-13-34)44-29-18-37(19-30-44)38-20-31-46-45-8-4-5-9-47(45)52(48(46)32-38)41-6-2-1-3-7-41/h1-24H;1-32H. The summed E-state index contributed by atoms with van der Waals surface area (Å²) >= 11 is 0. The lowest BCUT2D eigenvalue weighted by Crippen LogP contribution is -2.10. The van der Waals surface area contributed by atoms with Gasteiger partial charge in [-0.15, -0.1) is 0 Å². The van der Waals surface area contributed by atoms with Gasteiger partial charge in [0.2, 0.25) is 11.6 Å². The van der Waals surface area contributed by atoms with Gasteiger partial charge in [0.1, 0.15) is 11.6 Å². The topological polar surface area (TPSA) is 16.3 Å². The molecule has 0 radical (unpaired) electrons. The third-order valence-electron chi connectivity index (χ3n) is 20.1. The van der Waals surface area contributed by atoms with Crippen molar-refractivity contribution in [3.63, 3.8) is 0 Å². The Hall–Kier alpha value is -14.1. The molecule has 544 valence electrons. The summed E-state index contributed by atoms with van der Waals surface area (Å²) in [4.78, 5) is 3.83. The van der Waals surface area contributed by atoms with Crippen LogP contribution in [-0.4, -0.2) is 9.13 Å². The molecule has 0 saturated carbocycles. The third kappa shape index (κ3) is 13.0. The quantitative estimate of drug-likeness (QED) is 0.0613. The molecule has 112 heavy (non-hydrogen) atoms. The Balaban J connectivity index is 0.000000164. The fourth-order valence-corrected chi connectivity index (χ4v) is 14.7. The molecule has 0 atom stereocenters. The van der Waals surface area contributed by atoms with Gasteiger partial charge < -0.3 is 18.9 Å². The van der Waals surface area contributed by atoms with E-state index in [4.69, 9.17) is 0 Å². The van der Waals surface area contributed by atoms with E-state index in [1.807, 2.05) is 72.8 Å². The normalized spacial score (nSPS) is 11.4. The van der Waals surface area contributed by atoms with Crippen molar-refractivity contribution in [1.82, 2.24) is 9.13 Å². The number of rotatable bonds is 14. The molecule has 16 heteroatoms. The van der Waals surface area contributed by atoms with Gasteiger partial charge in [0.05, 0.1) is 33.2 Å². The van der Waals surface area contributed by atoms with E-state index in [1.165, 1.54) is 64.8 Å². The number of hydrogen-bond acceptors (Lipinski definition) is 2. The minimum atomic E-state index is -2.30. The molecule has 18 aromatic rings. The second-order valence-corrected chi connectivity index (χ2v) is 26.7. The average molecular weight is 1490 g/mol. The van der Waals surface area contributed by atoms with Crippen molar-refractivity contribution in [3.05, 3.63) is 410 Å². The maximum absolute atomic E-state index is 14.8.